The summed E-state index contributed by atoms with van der Waals surface area (Å²) in [7, 11) is 0.289. The molecule has 0 aliphatic carbocycles. The van der Waals surface area contributed by atoms with Crippen molar-refractivity contribution in [3.8, 4) is 0 Å². The van der Waals surface area contributed by atoms with Crippen LogP contribution in [0.2, 0.25) is 0 Å². The number of pyridine rings is 1. The molecule has 1 fully saturated rings. The van der Waals surface area contributed by atoms with E-state index in [9.17, 15) is 19.7 Å². The van der Waals surface area contributed by atoms with E-state index in [1.807, 2.05) is 0 Å². The first-order valence-corrected chi connectivity index (χ1v) is 5.63. The number of hydrogen-bond donors (Lipinski definition) is 0. The lowest BCUT2D eigenvalue weighted by Crippen LogP contribution is -2.48. The van der Waals surface area contributed by atoms with Gasteiger partial charge in [0.2, 0.25) is 0 Å². The van der Waals surface area contributed by atoms with E-state index in [0.717, 1.165) is 6.20 Å². The summed E-state index contributed by atoms with van der Waals surface area (Å²) < 4.78 is 9.93. The van der Waals surface area contributed by atoms with Crippen molar-refractivity contribution < 1.29 is 23.8 Å². The molecular formula is C10H10BN3O6. The van der Waals surface area contributed by atoms with Gasteiger partial charge in [-0.25, -0.2) is 0 Å². The minimum atomic E-state index is -1.29. The van der Waals surface area contributed by atoms with Gasteiger partial charge in [0.15, 0.2) is 0 Å². The molecule has 1 aliphatic rings. The molecule has 10 heteroatoms. The zero-order valence-electron chi connectivity index (χ0n) is 10.5. The lowest BCUT2D eigenvalue weighted by Gasteiger charge is -2.22. The third-order valence-electron chi connectivity index (χ3n) is 2.50. The minimum absolute atomic E-state index is 0.0570. The van der Waals surface area contributed by atoms with Crippen LogP contribution in [0.15, 0.2) is 18.3 Å². The number of hydrogen-bond acceptors (Lipinski definition) is 8. The van der Waals surface area contributed by atoms with Gasteiger partial charge in [-0.3, -0.25) is 29.6 Å². The largest absolute Gasteiger partial charge is 0.656 e. The second-order valence-electron chi connectivity index (χ2n) is 4.18. The van der Waals surface area contributed by atoms with Gasteiger partial charge in [0.1, 0.15) is 11.8 Å². The second kappa shape index (κ2) is 5.65. The number of nitrogens with zero attached hydrogens (tertiary/aromatic N) is 3. The molecule has 1 aliphatic heterocycles. The van der Waals surface area contributed by atoms with Crippen LogP contribution in [-0.4, -0.2) is 54.0 Å². The average Bonchev–Trinajstić information content (AvgIpc) is 2.36. The molecule has 2 heterocycles. The van der Waals surface area contributed by atoms with Gasteiger partial charge in [0.05, 0.1) is 18.0 Å². The normalized spacial score (nSPS) is 16.9. The van der Waals surface area contributed by atoms with Gasteiger partial charge in [0.25, 0.3) is 5.69 Å². The standard InChI is InChI=1S/C10H10BN3O6/c1-13-5-9(15)19-11(20-10(16)6-13)8-3-2-7(4-12-8)14(17)18/h2-4H,5-6H2,1H3. The maximum Gasteiger partial charge on any atom is 0.656 e. The number of likely N-dealkylation sites (N-methyl/N-ethyl adjacent to an activating group) is 1. The molecule has 104 valence electrons. The Kier molecular flexibility index (Phi) is 3.94. The predicted octanol–water partition coefficient (Wildman–Crippen LogP) is -1.28. The Hall–Kier alpha value is -2.49. The van der Waals surface area contributed by atoms with Gasteiger partial charge in [-0.2, -0.15) is 0 Å². The number of carbonyl (C=O) groups is 2. The maximum atomic E-state index is 11.5. The monoisotopic (exact) mass is 279 g/mol. The summed E-state index contributed by atoms with van der Waals surface area (Å²) >= 11 is 0. The zero-order chi connectivity index (χ0) is 14.7. The lowest BCUT2D eigenvalue weighted by molar-refractivity contribution is -0.385. The van der Waals surface area contributed by atoms with Crippen molar-refractivity contribution in [2.24, 2.45) is 0 Å². The van der Waals surface area contributed by atoms with Gasteiger partial charge < -0.3 is 9.31 Å². The highest BCUT2D eigenvalue weighted by atomic mass is 16.6. The van der Waals surface area contributed by atoms with Crippen LogP contribution in [0.4, 0.5) is 5.69 Å². The van der Waals surface area contributed by atoms with Crippen molar-refractivity contribution in [1.29, 1.82) is 0 Å². The van der Waals surface area contributed by atoms with Crippen LogP contribution in [0.5, 0.6) is 0 Å². The van der Waals surface area contributed by atoms with Crippen LogP contribution < -0.4 is 5.59 Å². The van der Waals surface area contributed by atoms with E-state index in [0.29, 0.717) is 0 Å². The summed E-state index contributed by atoms with van der Waals surface area (Å²) in [6.07, 6.45) is 1.00. The van der Waals surface area contributed by atoms with Gasteiger partial charge in [-0.15, -0.1) is 0 Å². The summed E-state index contributed by atoms with van der Waals surface area (Å²) in [6.45, 7) is -0.114. The molecule has 9 nitrogen and oxygen atoms in total. The molecule has 1 aromatic heterocycles. The van der Waals surface area contributed by atoms with Crippen LogP contribution in [0.25, 0.3) is 0 Å². The highest BCUT2D eigenvalue weighted by Gasteiger charge is 2.35. The molecule has 0 amide bonds. The molecule has 2 rings (SSSR count). The zero-order valence-corrected chi connectivity index (χ0v) is 10.5. The van der Waals surface area contributed by atoms with E-state index in [1.54, 1.807) is 7.05 Å². The quantitative estimate of drug-likeness (QED) is 0.373. The molecule has 0 unspecified atom stereocenters. The molecule has 0 radical (unpaired) electrons. The Labute approximate surface area is 113 Å². The summed E-state index contributed by atoms with van der Waals surface area (Å²) in [5, 5.41) is 10.5. The summed E-state index contributed by atoms with van der Waals surface area (Å²) in [5.41, 5.74) is -0.0983. The number of nitro groups is 1. The van der Waals surface area contributed by atoms with E-state index in [1.165, 1.54) is 17.0 Å². The molecule has 0 N–H and O–H groups in total. The Morgan fingerprint density at radius 2 is 1.90 bits per heavy atom. The van der Waals surface area contributed by atoms with Crippen molar-refractivity contribution in [3.63, 3.8) is 0 Å². The van der Waals surface area contributed by atoms with E-state index >= 15 is 0 Å². The summed E-state index contributed by atoms with van der Waals surface area (Å²) in [5.74, 6) is -1.16. The highest BCUT2D eigenvalue weighted by molar-refractivity contribution is 6.63. The van der Waals surface area contributed by atoms with E-state index < -0.39 is 24.0 Å². The first-order chi connectivity index (χ1) is 9.45. The minimum Gasteiger partial charge on any atom is -0.493 e. The number of rotatable bonds is 2. The SMILES string of the molecule is CN1CC(=O)OB(c2ccc([N+](=O)[O-])cn2)OC(=O)C1. The molecule has 0 aromatic carbocycles. The van der Waals surface area contributed by atoms with Gasteiger partial charge in [-0.1, -0.05) is 0 Å². The Balaban J connectivity index is 2.19. The van der Waals surface area contributed by atoms with Crippen molar-refractivity contribution in [3.05, 3.63) is 28.4 Å². The van der Waals surface area contributed by atoms with Crippen molar-refractivity contribution in [2.75, 3.05) is 20.1 Å². The van der Waals surface area contributed by atoms with Gasteiger partial charge in [0, 0.05) is 6.07 Å². The fourth-order valence-electron chi connectivity index (χ4n) is 1.60. The highest BCUT2D eigenvalue weighted by Crippen LogP contribution is 2.06. The first-order valence-electron chi connectivity index (χ1n) is 5.63. The smallest absolute Gasteiger partial charge is 0.493 e. The van der Waals surface area contributed by atoms with Crippen LogP contribution in [0.3, 0.4) is 0 Å². The molecule has 0 saturated carbocycles. The van der Waals surface area contributed by atoms with Gasteiger partial charge in [-0.05, 0) is 13.1 Å². The summed E-state index contributed by atoms with van der Waals surface area (Å²) in [4.78, 5) is 38.2. The second-order valence-corrected chi connectivity index (χ2v) is 4.18. The third kappa shape index (κ3) is 3.29. The molecule has 0 atom stereocenters. The van der Waals surface area contributed by atoms with E-state index in [-0.39, 0.29) is 24.4 Å². The summed E-state index contributed by atoms with van der Waals surface area (Å²) in [6, 6.07) is 2.46. The number of carbonyl (C=O) groups excluding carboxylic acids is 2. The predicted molar refractivity (Wildman–Crippen MR) is 66.0 cm³/mol. The molecular weight excluding hydrogens is 269 g/mol. The average molecular weight is 279 g/mol. The Morgan fingerprint density at radius 3 is 2.35 bits per heavy atom. The topological polar surface area (TPSA) is 112 Å². The van der Waals surface area contributed by atoms with Crippen LogP contribution in [-0.2, 0) is 18.9 Å². The van der Waals surface area contributed by atoms with Crippen LogP contribution in [0, 0.1) is 10.1 Å². The molecule has 1 aromatic rings. The molecule has 0 spiro atoms. The number of aromatic nitrogens is 1. The Bertz CT molecular complexity index is 528. The molecule has 0 bridgehead atoms. The van der Waals surface area contributed by atoms with E-state index in [4.69, 9.17) is 9.31 Å². The molecule has 1 saturated heterocycles. The fraction of sp³-hybridized carbons (Fsp3) is 0.300. The van der Waals surface area contributed by atoms with Crippen molar-refractivity contribution in [2.45, 2.75) is 0 Å². The van der Waals surface area contributed by atoms with E-state index in [2.05, 4.69) is 4.98 Å². The third-order valence-corrected chi connectivity index (χ3v) is 2.50. The van der Waals surface area contributed by atoms with Crippen molar-refractivity contribution >= 4 is 30.3 Å². The first kappa shape index (κ1) is 13.9. The van der Waals surface area contributed by atoms with Gasteiger partial charge >= 0.3 is 19.1 Å². The fourth-order valence-corrected chi connectivity index (χ4v) is 1.60. The Morgan fingerprint density at radius 1 is 1.30 bits per heavy atom. The van der Waals surface area contributed by atoms with Crippen LogP contribution in [0.1, 0.15) is 0 Å². The van der Waals surface area contributed by atoms with Crippen LogP contribution >= 0.6 is 0 Å². The lowest BCUT2D eigenvalue weighted by atomic mass is 9.83. The molecule has 20 heavy (non-hydrogen) atoms. The van der Waals surface area contributed by atoms with Crippen molar-refractivity contribution in [1.82, 2.24) is 9.88 Å². The maximum absolute atomic E-state index is 11.5.